The first-order chi connectivity index (χ1) is 57.8. The third kappa shape index (κ3) is 28.9. The number of pyridine rings is 4. The van der Waals surface area contributed by atoms with E-state index in [1.165, 1.54) is 82.8 Å². The highest BCUT2D eigenvalue weighted by atomic mass is 35.9. The van der Waals surface area contributed by atoms with E-state index < -0.39 is 131 Å². The SMILES string of the molecule is CC[C@H]1O[C@@H](OC(C)=O)[C@H](OC(C)=O)[C@@H]1C.CC[C@H]1O[C@@H](n2cnc3c(Cl)cc(Cl)nc32)[C@H](OC(C)=O)[C@@H]1C.Clc1cc(Cl)c2[nH]cnc2n1.NC1CCCC1.O=P(Cl)(Cl)CP(=O)(Cl)Cl.O=P(O)(O)CP(=O)(O)OC[C@H]1O[C@@H](n2cnc3c(NC4CCCC4)cc(Cl)nc32)[C@H](O)[C@@H]1O.OC[C@H]1O[C@@H](n2cnc3c(NC4CCCC4)cc(Cl)nc32)[C@H](O)[C@@H]1O. The molecule has 0 aromatic carbocycles. The molecule has 1 unspecified atom stereocenters. The normalized spacial score (nSPS) is 26.5. The molecule has 8 aromatic rings. The Kier molecular flexibility index (Phi) is 37.9. The van der Waals surface area contributed by atoms with Crippen LogP contribution in [0, 0.1) is 11.8 Å². The van der Waals surface area contributed by atoms with Gasteiger partial charge in [0.15, 0.2) is 59.4 Å². The Balaban J connectivity index is 0.000000172. The minimum Gasteiger partial charge on any atom is -0.457 e. The summed E-state index contributed by atoms with van der Waals surface area (Å²) in [6, 6.07) is 7.75. The smallest absolute Gasteiger partial charge is 0.340 e. The maximum atomic E-state index is 11.9. The fourth-order valence-electron chi connectivity index (χ4n) is 14.7. The maximum Gasteiger partial charge on any atom is 0.340 e. The lowest BCUT2D eigenvalue weighted by Gasteiger charge is -2.21. The van der Waals surface area contributed by atoms with Crippen LogP contribution in [0.3, 0.4) is 0 Å². The summed E-state index contributed by atoms with van der Waals surface area (Å²) in [4.78, 5) is 97.3. The molecular weight excluding hydrogens is 1910 g/mol. The molecule has 0 amide bonds. The Morgan fingerprint density at radius 3 is 1.37 bits per heavy atom. The standard InChI is InChI=1S/C17H25ClN4O9P2.C16H21ClN4O4.C15H17Cl2N3O3.C11H18O5.C6H3Cl2N3.C5H11N.CH2Cl4O2P2/c18-12-5-10(20-9-3-1-2-4-9)13-16(21-12)22(7-19-13)17-15(24)14(23)11(31-17)6-30-33(28,29)8-32(25,26)27;17-11-5-9(19-8-3-1-2-4-8)12-15(20-11)21(7-18-12)16-14(24)13(23)10(6-22)25-16;1-4-10-7(2)13(22-8(3)21)15(23-10)20-6-18-12-9(16)5-11(17)19-14(12)20;1-5-9-6(2)10(14-7(3)12)11(16-9)15-8(4)13;7-3-1-4(8)11-6-5(3)9-2-10-6;6-5-3-1-2-4-5;2-8(3,6)1-9(4,5)7/h5,7,9,11,14-15,17,23-24H,1-4,6,8H2,(H,20,21)(H,28,29)(H2,25,26,27);5,7-8,10,13-14,16,22-24H,1-4,6H2,(H,19,20);5-7,10,13,15H,4H2,1-3H3;6,9-11H,5H2,1-4H3;1-2H,(H,9,10,11);5H,1-4,6H2;1H2/t11-,14-,15-,17-;10-,13-,14-,16-;7-,10-,13-,15-;6-,9-,10-,11-;;;/m1111.../s1. The second-order valence-corrected chi connectivity index (χ2v) is 47.3. The number of anilines is 2. The summed E-state index contributed by atoms with van der Waals surface area (Å²) in [5, 5.41) is 59.3. The number of aromatic amines is 1. The van der Waals surface area contributed by atoms with Gasteiger partial charge in [0.25, 0.3) is 11.7 Å². The largest absolute Gasteiger partial charge is 0.457 e. The average molecular weight is 2010 g/mol. The number of carbonyl (C=O) groups excluding carboxylic acids is 3. The van der Waals surface area contributed by atoms with Crippen molar-refractivity contribution < 1.29 is 111 Å². The minimum atomic E-state index is -4.81. The van der Waals surface area contributed by atoms with Crippen molar-refractivity contribution in [2.45, 2.75) is 242 Å². The lowest BCUT2D eigenvalue weighted by molar-refractivity contribution is -0.194. The fraction of sp³-hybridized carbons (Fsp3) is 0.620. The fourth-order valence-corrected chi connectivity index (χ4v) is 27.6. The number of imidazole rings is 4. The Labute approximate surface area is 755 Å². The van der Waals surface area contributed by atoms with Gasteiger partial charge in [0, 0.05) is 62.9 Å². The first kappa shape index (κ1) is 102. The molecule has 684 valence electrons. The quantitative estimate of drug-likeness (QED) is 0.0146. The molecule has 17 atom stereocenters. The molecular formula is C71H97Cl10N15O23P4. The van der Waals surface area contributed by atoms with Gasteiger partial charge in [-0.1, -0.05) is 136 Å². The zero-order valence-electron chi connectivity index (χ0n) is 67.1. The number of aliphatic hydroxyl groups is 5. The Bertz CT molecular complexity index is 5080. The molecule has 123 heavy (non-hydrogen) atoms. The van der Waals surface area contributed by atoms with Crippen LogP contribution in [0.25, 0.3) is 44.7 Å². The number of nitrogens with one attached hydrogen (secondary N) is 3. The van der Waals surface area contributed by atoms with E-state index in [0.717, 1.165) is 62.6 Å². The van der Waals surface area contributed by atoms with Crippen LogP contribution < -0.4 is 16.4 Å². The molecule has 3 saturated carbocycles. The van der Waals surface area contributed by atoms with E-state index in [-0.39, 0.29) is 53.0 Å². The van der Waals surface area contributed by atoms with Crippen molar-refractivity contribution in [1.82, 2.24) is 58.6 Å². The highest BCUT2D eigenvalue weighted by Crippen LogP contribution is 2.72. The highest BCUT2D eigenvalue weighted by Gasteiger charge is 2.49. The monoisotopic (exact) mass is 2000 g/mol. The number of carbonyl (C=O) groups is 3. The number of aliphatic hydroxyl groups excluding tert-OH is 5. The number of esters is 3. The van der Waals surface area contributed by atoms with Gasteiger partial charge in [0.2, 0.25) is 6.29 Å². The summed E-state index contributed by atoms with van der Waals surface area (Å²) in [6.45, 7) is 10.9. The molecule has 12 heterocycles. The number of nitrogens with two attached hydrogens (primary N) is 1. The van der Waals surface area contributed by atoms with Crippen molar-refractivity contribution in [3.8, 4) is 0 Å². The summed E-state index contributed by atoms with van der Waals surface area (Å²) in [5.41, 5.74) is 11.2. The number of rotatable bonds is 20. The van der Waals surface area contributed by atoms with Crippen molar-refractivity contribution in [3.05, 3.63) is 80.2 Å². The number of nitrogens with zero attached hydrogens (tertiary/aromatic N) is 11. The lowest BCUT2D eigenvalue weighted by Crippen LogP contribution is -2.33. The van der Waals surface area contributed by atoms with Gasteiger partial charge in [-0.25, -0.2) is 39.9 Å². The second kappa shape index (κ2) is 45.5. The first-order valence-electron chi connectivity index (χ1n) is 38.9. The van der Waals surface area contributed by atoms with E-state index >= 15 is 0 Å². The van der Waals surface area contributed by atoms with Gasteiger partial charge in [-0.3, -0.25) is 46.3 Å². The molecule has 15 rings (SSSR count). The van der Waals surface area contributed by atoms with E-state index in [1.807, 2.05) is 27.7 Å². The Morgan fingerprint density at radius 1 is 0.528 bits per heavy atom. The summed E-state index contributed by atoms with van der Waals surface area (Å²) < 4.78 is 91.5. The van der Waals surface area contributed by atoms with Gasteiger partial charge in [-0.05, 0) is 108 Å². The zero-order valence-corrected chi connectivity index (χ0v) is 78.2. The molecule has 38 nitrogen and oxygen atoms in total. The van der Waals surface area contributed by atoms with E-state index in [9.17, 15) is 63.1 Å². The van der Waals surface area contributed by atoms with Gasteiger partial charge in [-0.15, -0.1) is 0 Å². The van der Waals surface area contributed by atoms with Crippen LogP contribution in [0.2, 0.25) is 30.7 Å². The van der Waals surface area contributed by atoms with Crippen LogP contribution in [0.4, 0.5) is 11.4 Å². The number of fused-ring (bicyclic) bond motifs is 4. The van der Waals surface area contributed by atoms with E-state index in [0.29, 0.717) is 77.3 Å². The van der Waals surface area contributed by atoms with Crippen LogP contribution in [0.5, 0.6) is 0 Å². The van der Waals surface area contributed by atoms with Crippen LogP contribution in [-0.4, -0.2) is 227 Å². The minimum absolute atomic E-state index is 0.0172. The average Bonchev–Trinajstić information content (AvgIpc) is 1.62. The summed E-state index contributed by atoms with van der Waals surface area (Å²) in [5.74, 6) is -9.75. The summed E-state index contributed by atoms with van der Waals surface area (Å²) in [6.07, 6.45) is 10.0. The van der Waals surface area contributed by atoms with Gasteiger partial charge < -0.3 is 99.2 Å². The third-order valence-corrected chi connectivity index (χ3v) is 31.8. The molecule has 4 aliphatic heterocycles. The Morgan fingerprint density at radius 2 is 0.935 bits per heavy atom. The maximum absolute atomic E-state index is 11.9. The van der Waals surface area contributed by atoms with Crippen molar-refractivity contribution in [2.75, 3.05) is 35.7 Å². The summed E-state index contributed by atoms with van der Waals surface area (Å²) >= 11 is 56.0. The molecule has 4 saturated heterocycles. The predicted molar refractivity (Wildman–Crippen MR) is 464 cm³/mol. The van der Waals surface area contributed by atoms with Crippen molar-refractivity contribution >= 4 is 215 Å². The lowest BCUT2D eigenvalue weighted by atomic mass is 9.98. The number of halogens is 10. The molecule has 0 radical (unpaired) electrons. The van der Waals surface area contributed by atoms with Crippen LogP contribution in [0.15, 0.2) is 49.6 Å². The van der Waals surface area contributed by atoms with Gasteiger partial charge in [0.1, 0.15) is 85.2 Å². The zero-order chi connectivity index (χ0) is 90.5. The topological polar surface area (TPSA) is 539 Å². The molecule has 13 N–H and O–H groups in total. The van der Waals surface area contributed by atoms with E-state index in [1.54, 1.807) is 39.7 Å². The number of hydrogen-bond donors (Lipinski definition) is 12. The molecule has 52 heteroatoms. The molecule has 8 aromatic heterocycles. The third-order valence-electron chi connectivity index (χ3n) is 20.5. The van der Waals surface area contributed by atoms with Crippen LogP contribution in [-0.2, 0) is 70.3 Å². The second-order valence-electron chi connectivity index (χ2n) is 29.9. The molecule has 7 fully saturated rings. The Hall–Kier alpha value is -4.25. The van der Waals surface area contributed by atoms with Crippen molar-refractivity contribution in [3.63, 3.8) is 0 Å². The van der Waals surface area contributed by atoms with Crippen molar-refractivity contribution in [2.24, 2.45) is 17.6 Å². The van der Waals surface area contributed by atoms with Gasteiger partial charge in [0.05, 0.1) is 72.2 Å². The van der Waals surface area contributed by atoms with Gasteiger partial charge in [-0.2, -0.15) is 0 Å². The first-order valence-corrected chi connectivity index (χ1v) is 52.1. The van der Waals surface area contributed by atoms with E-state index in [4.69, 9.17) is 168 Å². The van der Waals surface area contributed by atoms with Crippen LogP contribution >= 0.6 is 141 Å². The predicted octanol–water partition coefficient (Wildman–Crippen LogP) is 14.7. The van der Waals surface area contributed by atoms with Crippen molar-refractivity contribution in [1.29, 1.82) is 0 Å². The molecule has 3 aliphatic carbocycles. The highest BCUT2D eigenvalue weighted by molar-refractivity contribution is 8.21. The van der Waals surface area contributed by atoms with E-state index in [2.05, 4.69) is 55.5 Å². The van der Waals surface area contributed by atoms with Gasteiger partial charge >= 0.3 is 33.1 Å². The number of H-pyrrole nitrogens is 1. The summed E-state index contributed by atoms with van der Waals surface area (Å²) in [7, 11) is -9.46. The number of ether oxygens (including phenoxy) is 7. The number of hydrogen-bond acceptors (Lipinski definition) is 31. The molecule has 0 bridgehead atoms. The molecule has 7 aliphatic rings. The van der Waals surface area contributed by atoms with Crippen LogP contribution in [0.1, 0.15) is 157 Å². The number of aromatic nitrogens is 12. The molecule has 0 spiro atoms.